The van der Waals surface area contributed by atoms with E-state index in [0.29, 0.717) is 11.3 Å². The minimum Gasteiger partial charge on any atom is -0.480 e. The van der Waals surface area contributed by atoms with Gasteiger partial charge in [0.2, 0.25) is 5.91 Å². The van der Waals surface area contributed by atoms with Crippen LogP contribution in [0.2, 0.25) is 5.02 Å². The number of anilines is 1. The van der Waals surface area contributed by atoms with Gasteiger partial charge in [0.25, 0.3) is 21.8 Å². The van der Waals surface area contributed by atoms with Gasteiger partial charge in [0, 0.05) is 19.0 Å². The maximum atomic E-state index is 13.0. The van der Waals surface area contributed by atoms with Crippen molar-refractivity contribution in [2.24, 2.45) is 0 Å². The van der Waals surface area contributed by atoms with Crippen LogP contribution in [0.15, 0.2) is 64.9 Å². The molecule has 12 nitrogen and oxygen atoms in total. The second-order valence-electron chi connectivity index (χ2n) is 9.75. The smallest absolute Gasteiger partial charge is 0.327 e. The van der Waals surface area contributed by atoms with Gasteiger partial charge in [0.15, 0.2) is 9.34 Å². The Labute approximate surface area is 261 Å². The minimum absolute atomic E-state index is 0.0632. The number of benzene rings is 3. The van der Waals surface area contributed by atoms with Gasteiger partial charge in [0.1, 0.15) is 6.04 Å². The number of halogens is 1. The van der Waals surface area contributed by atoms with Crippen molar-refractivity contribution in [3.8, 4) is 0 Å². The molecule has 15 heteroatoms. The SMILES string of the molecule is CC(=O)Nc1nc(C)c(S(=O)(=O)NCC(NC(=O)c2ccc(C(=O)NC(C)c3cccc4ccccc34)cc2Cl)C(=O)O)s1. The predicted octanol–water partition coefficient (Wildman–Crippen LogP) is 3.87. The van der Waals surface area contributed by atoms with Gasteiger partial charge in [-0.3, -0.25) is 14.4 Å². The first kappa shape index (κ1) is 32.5. The highest BCUT2D eigenvalue weighted by molar-refractivity contribution is 7.91. The highest BCUT2D eigenvalue weighted by Gasteiger charge is 2.28. The molecule has 0 radical (unpaired) electrons. The maximum absolute atomic E-state index is 13.0. The Kier molecular flexibility index (Phi) is 9.99. The zero-order chi connectivity index (χ0) is 32.2. The van der Waals surface area contributed by atoms with Crippen LogP contribution < -0.4 is 20.7 Å². The number of thiazole rings is 1. The van der Waals surface area contributed by atoms with Crippen LogP contribution in [0, 0.1) is 6.92 Å². The molecule has 2 unspecified atom stereocenters. The lowest BCUT2D eigenvalue weighted by atomic mass is 9.99. The lowest BCUT2D eigenvalue weighted by Gasteiger charge is -2.18. The van der Waals surface area contributed by atoms with Gasteiger partial charge in [-0.1, -0.05) is 65.4 Å². The first-order chi connectivity index (χ1) is 20.8. The first-order valence-corrected chi connectivity index (χ1v) is 15.8. The molecule has 0 aliphatic rings. The topological polar surface area (TPSA) is 184 Å². The molecule has 230 valence electrons. The highest BCUT2D eigenvalue weighted by Crippen LogP contribution is 2.27. The largest absolute Gasteiger partial charge is 0.480 e. The van der Waals surface area contributed by atoms with Gasteiger partial charge in [-0.05, 0) is 48.4 Å². The number of fused-ring (bicyclic) bond motifs is 1. The van der Waals surface area contributed by atoms with E-state index in [9.17, 15) is 32.7 Å². The number of nitrogens with zero attached hydrogens (tertiary/aromatic N) is 1. The number of amides is 3. The third kappa shape index (κ3) is 7.58. The second-order valence-corrected chi connectivity index (χ2v) is 13.1. The number of nitrogens with one attached hydrogen (secondary N) is 4. The van der Waals surface area contributed by atoms with Crippen molar-refractivity contribution in [2.75, 3.05) is 11.9 Å². The monoisotopic (exact) mass is 657 g/mol. The number of carbonyl (C=O) groups is 4. The van der Waals surface area contributed by atoms with E-state index in [-0.39, 0.29) is 37.2 Å². The molecule has 0 bridgehead atoms. The van der Waals surface area contributed by atoms with Crippen molar-refractivity contribution in [1.82, 2.24) is 20.3 Å². The Morgan fingerprint density at radius 1 is 1.00 bits per heavy atom. The summed E-state index contributed by atoms with van der Waals surface area (Å²) in [6, 6.07) is 15.5. The molecule has 1 heterocycles. The molecule has 4 rings (SSSR count). The number of aliphatic carboxylic acids is 1. The number of hydrogen-bond donors (Lipinski definition) is 5. The van der Waals surface area contributed by atoms with Crippen LogP contribution >= 0.6 is 22.9 Å². The van der Waals surface area contributed by atoms with Crippen LogP contribution in [0.5, 0.6) is 0 Å². The number of rotatable bonds is 11. The maximum Gasteiger partial charge on any atom is 0.327 e. The molecule has 1 aromatic heterocycles. The average molecular weight is 658 g/mol. The number of carboxylic acid groups (broad SMARTS) is 1. The van der Waals surface area contributed by atoms with Crippen molar-refractivity contribution in [1.29, 1.82) is 0 Å². The fourth-order valence-corrected chi connectivity index (χ4v) is 7.17. The summed E-state index contributed by atoms with van der Waals surface area (Å²) >= 11 is 7.01. The van der Waals surface area contributed by atoms with Crippen LogP contribution in [0.3, 0.4) is 0 Å². The van der Waals surface area contributed by atoms with E-state index in [1.165, 1.54) is 32.0 Å². The number of aromatic nitrogens is 1. The van der Waals surface area contributed by atoms with Crippen LogP contribution in [0.25, 0.3) is 10.8 Å². The molecule has 0 saturated heterocycles. The molecule has 4 aromatic rings. The molecular formula is C29H28ClN5O7S2. The molecule has 3 aromatic carbocycles. The normalized spacial score (nSPS) is 12.7. The first-order valence-electron chi connectivity index (χ1n) is 13.1. The summed E-state index contributed by atoms with van der Waals surface area (Å²) in [7, 11) is -4.23. The zero-order valence-corrected chi connectivity index (χ0v) is 26.1. The Bertz CT molecular complexity index is 1870. The summed E-state index contributed by atoms with van der Waals surface area (Å²) in [6.07, 6.45) is 0. The Morgan fingerprint density at radius 3 is 2.39 bits per heavy atom. The molecule has 5 N–H and O–H groups in total. The quantitative estimate of drug-likeness (QED) is 0.161. The number of carboxylic acids is 1. The summed E-state index contributed by atoms with van der Waals surface area (Å²) in [5, 5.41) is 19.2. The van der Waals surface area contributed by atoms with Crippen molar-refractivity contribution < 1.29 is 32.7 Å². The van der Waals surface area contributed by atoms with Crippen LogP contribution in [0.4, 0.5) is 5.13 Å². The number of sulfonamides is 1. The van der Waals surface area contributed by atoms with Crippen molar-refractivity contribution in [3.05, 3.63) is 88.1 Å². The van der Waals surface area contributed by atoms with Gasteiger partial charge in [-0.15, -0.1) is 0 Å². The predicted molar refractivity (Wildman–Crippen MR) is 167 cm³/mol. The number of aryl methyl sites for hydroxylation is 1. The van der Waals surface area contributed by atoms with E-state index in [4.69, 9.17) is 11.6 Å². The lowest BCUT2D eigenvalue weighted by Crippen LogP contribution is -2.48. The average Bonchev–Trinajstić information content (AvgIpc) is 3.34. The Hall–Kier alpha value is -4.37. The molecule has 0 spiro atoms. The van der Waals surface area contributed by atoms with E-state index in [2.05, 4.69) is 25.7 Å². The number of carbonyl (C=O) groups excluding carboxylic acids is 3. The molecule has 44 heavy (non-hydrogen) atoms. The van der Waals surface area contributed by atoms with Crippen LogP contribution in [-0.2, 0) is 19.6 Å². The molecule has 0 aliphatic heterocycles. The van der Waals surface area contributed by atoms with Crippen LogP contribution in [-0.4, -0.2) is 54.8 Å². The molecule has 3 amide bonds. The van der Waals surface area contributed by atoms with Crippen molar-refractivity contribution in [2.45, 2.75) is 37.1 Å². The highest BCUT2D eigenvalue weighted by atomic mass is 35.5. The Balaban J connectivity index is 1.42. The van der Waals surface area contributed by atoms with E-state index >= 15 is 0 Å². The summed E-state index contributed by atoms with van der Waals surface area (Å²) in [6.45, 7) is 3.82. The third-order valence-electron chi connectivity index (χ3n) is 6.48. The molecule has 0 fully saturated rings. The molecule has 0 saturated carbocycles. The molecule has 0 aliphatic carbocycles. The fourth-order valence-electron chi connectivity index (χ4n) is 4.36. The summed E-state index contributed by atoms with van der Waals surface area (Å²) < 4.78 is 27.5. The van der Waals surface area contributed by atoms with Crippen molar-refractivity contribution in [3.63, 3.8) is 0 Å². The van der Waals surface area contributed by atoms with Gasteiger partial charge >= 0.3 is 5.97 Å². The van der Waals surface area contributed by atoms with Crippen molar-refractivity contribution >= 4 is 72.6 Å². The third-order valence-corrected chi connectivity index (χ3v) is 9.89. The number of hydrogen-bond acceptors (Lipinski definition) is 8. The summed E-state index contributed by atoms with van der Waals surface area (Å²) in [5.41, 5.74) is 1.09. The van der Waals surface area contributed by atoms with Gasteiger partial charge < -0.3 is 21.1 Å². The minimum atomic E-state index is -4.23. The summed E-state index contributed by atoms with van der Waals surface area (Å²) in [4.78, 5) is 53.0. The van der Waals surface area contributed by atoms with Gasteiger partial charge in [-0.2, -0.15) is 0 Å². The van der Waals surface area contributed by atoms with E-state index < -0.39 is 46.3 Å². The van der Waals surface area contributed by atoms with Crippen LogP contribution in [0.1, 0.15) is 51.9 Å². The standard InChI is InChI=1S/C29H28ClN5O7S2/c1-15(20-10-6-8-18-7-4-5-9-21(18)20)32-25(37)19-11-12-22(23(30)13-19)26(38)35-24(27(39)40)14-31-44(41,42)28-16(2)33-29(43-28)34-17(3)36/h4-13,15,24,31H,14H2,1-3H3,(H,32,37)(H,35,38)(H,39,40)(H,33,34,36). The fraction of sp³-hybridized carbons (Fsp3) is 0.207. The van der Waals surface area contributed by atoms with Gasteiger partial charge in [-0.25, -0.2) is 22.9 Å². The molecule has 2 atom stereocenters. The van der Waals surface area contributed by atoms with E-state index in [1.807, 2.05) is 49.4 Å². The van der Waals surface area contributed by atoms with E-state index in [0.717, 1.165) is 16.3 Å². The molecular weight excluding hydrogens is 630 g/mol. The van der Waals surface area contributed by atoms with Gasteiger partial charge in [0.05, 0.1) is 22.3 Å². The second kappa shape index (κ2) is 13.5. The Morgan fingerprint density at radius 2 is 1.70 bits per heavy atom. The lowest BCUT2D eigenvalue weighted by molar-refractivity contribution is -0.139. The zero-order valence-electron chi connectivity index (χ0n) is 23.7. The van der Waals surface area contributed by atoms with E-state index in [1.54, 1.807) is 0 Å². The summed E-state index contributed by atoms with van der Waals surface area (Å²) in [5.74, 6) is -3.26.